The van der Waals surface area contributed by atoms with Gasteiger partial charge >= 0.3 is 0 Å². The van der Waals surface area contributed by atoms with Crippen molar-refractivity contribution in [3.05, 3.63) is 53.6 Å². The van der Waals surface area contributed by atoms with E-state index in [1.807, 2.05) is 41.1 Å². The molecule has 2 heterocycles. The van der Waals surface area contributed by atoms with Gasteiger partial charge in [-0.05, 0) is 30.3 Å². The second-order valence-electron chi connectivity index (χ2n) is 6.11. The molecule has 124 valence electrons. The smallest absolute Gasteiger partial charge is 0.113 e. The zero-order valence-corrected chi connectivity index (χ0v) is 14.2. The fourth-order valence-electron chi connectivity index (χ4n) is 3.22. The lowest BCUT2D eigenvalue weighted by molar-refractivity contribution is 0.245. The summed E-state index contributed by atoms with van der Waals surface area (Å²) in [5, 5.41) is 9.28. The Labute approximate surface area is 146 Å². The van der Waals surface area contributed by atoms with Crippen LogP contribution in [0.1, 0.15) is 0 Å². The van der Waals surface area contributed by atoms with Gasteiger partial charge in [-0.25, -0.2) is 4.68 Å². The average Bonchev–Trinajstić information content (AvgIpc) is 3.04. The first-order valence-electron chi connectivity index (χ1n) is 8.31. The van der Waals surface area contributed by atoms with E-state index in [0.717, 1.165) is 55.3 Å². The Morgan fingerprint density at radius 2 is 1.75 bits per heavy atom. The van der Waals surface area contributed by atoms with E-state index in [9.17, 15) is 0 Å². The summed E-state index contributed by atoms with van der Waals surface area (Å²) in [6.07, 6.45) is 0. The van der Waals surface area contributed by atoms with E-state index in [2.05, 4.69) is 32.2 Å². The molecule has 0 amide bonds. The summed E-state index contributed by atoms with van der Waals surface area (Å²) in [6, 6.07) is 16.2. The molecule has 24 heavy (non-hydrogen) atoms. The van der Waals surface area contributed by atoms with Crippen molar-refractivity contribution in [3.8, 4) is 0 Å². The highest BCUT2D eigenvalue weighted by atomic mass is 35.5. The first kappa shape index (κ1) is 15.4. The number of fused-ring (bicyclic) bond motifs is 1. The van der Waals surface area contributed by atoms with Crippen LogP contribution >= 0.6 is 11.6 Å². The molecule has 0 aliphatic carbocycles. The Morgan fingerprint density at radius 1 is 0.917 bits per heavy atom. The monoisotopic (exact) mass is 341 g/mol. The maximum Gasteiger partial charge on any atom is 0.113 e. The minimum absolute atomic E-state index is 0.799. The number of para-hydroxylation sites is 1. The number of halogens is 1. The van der Waals surface area contributed by atoms with E-state index in [1.165, 1.54) is 5.69 Å². The van der Waals surface area contributed by atoms with Crippen molar-refractivity contribution in [1.82, 2.24) is 19.9 Å². The molecule has 1 saturated heterocycles. The number of nitrogens with zero attached hydrogens (tertiary/aromatic N) is 5. The van der Waals surface area contributed by atoms with E-state index in [-0.39, 0.29) is 0 Å². The summed E-state index contributed by atoms with van der Waals surface area (Å²) >= 11 is 6.09. The zero-order valence-electron chi connectivity index (χ0n) is 13.5. The van der Waals surface area contributed by atoms with Gasteiger partial charge in [-0.3, -0.25) is 4.90 Å². The number of benzene rings is 2. The maximum absolute atomic E-state index is 6.09. The summed E-state index contributed by atoms with van der Waals surface area (Å²) in [4.78, 5) is 4.88. The molecule has 1 fully saturated rings. The summed E-state index contributed by atoms with van der Waals surface area (Å²) in [7, 11) is 0. The number of anilines is 1. The predicted molar refractivity (Wildman–Crippen MR) is 97.6 cm³/mol. The molecule has 1 aliphatic rings. The molecule has 0 radical (unpaired) electrons. The Bertz CT molecular complexity index is 823. The molecule has 1 aromatic heterocycles. The van der Waals surface area contributed by atoms with Crippen LogP contribution in [-0.2, 0) is 6.54 Å². The van der Waals surface area contributed by atoms with Crippen molar-refractivity contribution in [2.45, 2.75) is 6.54 Å². The molecule has 0 unspecified atom stereocenters. The number of aromatic nitrogens is 3. The summed E-state index contributed by atoms with van der Waals surface area (Å²) in [5.74, 6) is 0. The quantitative estimate of drug-likeness (QED) is 0.731. The third-order valence-corrected chi connectivity index (χ3v) is 4.83. The van der Waals surface area contributed by atoms with Crippen LogP contribution in [0, 0.1) is 0 Å². The van der Waals surface area contributed by atoms with Crippen LogP contribution in [0.15, 0.2) is 48.5 Å². The third kappa shape index (κ3) is 3.23. The van der Waals surface area contributed by atoms with Crippen LogP contribution < -0.4 is 4.90 Å². The second kappa shape index (κ2) is 6.79. The van der Waals surface area contributed by atoms with Crippen molar-refractivity contribution in [1.29, 1.82) is 0 Å². The number of rotatable bonds is 4. The lowest BCUT2D eigenvalue weighted by Crippen LogP contribution is -2.47. The van der Waals surface area contributed by atoms with Crippen molar-refractivity contribution in [2.75, 3.05) is 37.6 Å². The number of hydrogen-bond acceptors (Lipinski definition) is 4. The second-order valence-corrected chi connectivity index (χ2v) is 6.55. The van der Waals surface area contributed by atoms with Crippen molar-refractivity contribution >= 4 is 28.3 Å². The highest BCUT2D eigenvalue weighted by molar-refractivity contribution is 6.30. The fourth-order valence-corrected chi connectivity index (χ4v) is 3.41. The number of piperazine rings is 1. The summed E-state index contributed by atoms with van der Waals surface area (Å²) in [6.45, 7) is 6.03. The van der Waals surface area contributed by atoms with Gasteiger partial charge < -0.3 is 4.90 Å². The lowest BCUT2D eigenvalue weighted by atomic mass is 10.2. The first-order chi connectivity index (χ1) is 11.8. The van der Waals surface area contributed by atoms with Gasteiger partial charge in [0.25, 0.3) is 0 Å². The van der Waals surface area contributed by atoms with Crippen LogP contribution in [0.5, 0.6) is 0 Å². The van der Waals surface area contributed by atoms with Crippen LogP contribution in [0.25, 0.3) is 11.0 Å². The van der Waals surface area contributed by atoms with Crippen LogP contribution in [0.4, 0.5) is 5.69 Å². The molecule has 0 bridgehead atoms. The molecule has 1 aliphatic heterocycles. The minimum atomic E-state index is 0.799. The van der Waals surface area contributed by atoms with Gasteiger partial charge in [-0.15, -0.1) is 5.10 Å². The van der Waals surface area contributed by atoms with E-state index in [0.29, 0.717) is 0 Å². The Kier molecular flexibility index (Phi) is 4.36. The molecule has 0 spiro atoms. The largest absolute Gasteiger partial charge is 0.369 e. The summed E-state index contributed by atoms with van der Waals surface area (Å²) in [5.41, 5.74) is 3.28. The highest BCUT2D eigenvalue weighted by Gasteiger charge is 2.17. The standard InChI is InChI=1S/C18H20ClN5/c19-15-4-3-5-16(14-15)23-11-8-22(9-12-23)10-13-24-18-7-2-1-6-17(18)20-21-24/h1-7,14H,8-13H2. The van der Waals surface area contributed by atoms with Gasteiger partial charge in [0.1, 0.15) is 5.52 Å². The molecule has 0 saturated carbocycles. The van der Waals surface area contributed by atoms with E-state index >= 15 is 0 Å². The zero-order chi connectivity index (χ0) is 16.4. The number of hydrogen-bond donors (Lipinski definition) is 0. The molecule has 3 aromatic rings. The van der Waals surface area contributed by atoms with Gasteiger partial charge in [0.15, 0.2) is 0 Å². The molecule has 6 heteroatoms. The van der Waals surface area contributed by atoms with Gasteiger partial charge in [-0.1, -0.05) is 35.0 Å². The Balaban J connectivity index is 1.33. The Morgan fingerprint density at radius 3 is 2.58 bits per heavy atom. The molecule has 0 N–H and O–H groups in total. The summed E-state index contributed by atoms with van der Waals surface area (Å²) < 4.78 is 2.00. The molecule has 4 rings (SSSR count). The van der Waals surface area contributed by atoms with E-state index in [1.54, 1.807) is 0 Å². The first-order valence-corrected chi connectivity index (χ1v) is 8.68. The normalized spacial score (nSPS) is 16.0. The van der Waals surface area contributed by atoms with E-state index in [4.69, 9.17) is 11.6 Å². The third-order valence-electron chi connectivity index (χ3n) is 4.59. The van der Waals surface area contributed by atoms with Crippen molar-refractivity contribution in [3.63, 3.8) is 0 Å². The molecule has 2 aromatic carbocycles. The fraction of sp³-hybridized carbons (Fsp3) is 0.333. The predicted octanol–water partition coefficient (Wildman–Crippen LogP) is 2.91. The molecule has 5 nitrogen and oxygen atoms in total. The highest BCUT2D eigenvalue weighted by Crippen LogP contribution is 2.20. The maximum atomic E-state index is 6.09. The molecular weight excluding hydrogens is 322 g/mol. The van der Waals surface area contributed by atoms with Crippen LogP contribution in [0.3, 0.4) is 0 Å². The minimum Gasteiger partial charge on any atom is -0.369 e. The van der Waals surface area contributed by atoms with Crippen molar-refractivity contribution < 1.29 is 0 Å². The lowest BCUT2D eigenvalue weighted by Gasteiger charge is -2.36. The molecular formula is C18H20ClN5. The van der Waals surface area contributed by atoms with Crippen molar-refractivity contribution in [2.24, 2.45) is 0 Å². The van der Waals surface area contributed by atoms with E-state index < -0.39 is 0 Å². The topological polar surface area (TPSA) is 37.2 Å². The van der Waals surface area contributed by atoms with Gasteiger partial charge in [0.2, 0.25) is 0 Å². The van der Waals surface area contributed by atoms with Gasteiger partial charge in [-0.2, -0.15) is 0 Å². The molecule has 0 atom stereocenters. The van der Waals surface area contributed by atoms with Crippen LogP contribution in [-0.4, -0.2) is 52.6 Å². The van der Waals surface area contributed by atoms with Gasteiger partial charge in [0.05, 0.1) is 12.1 Å². The van der Waals surface area contributed by atoms with Gasteiger partial charge in [0, 0.05) is 43.4 Å². The van der Waals surface area contributed by atoms with Crippen LogP contribution in [0.2, 0.25) is 5.02 Å². The average molecular weight is 342 g/mol. The Hall–Kier alpha value is -2.11. The SMILES string of the molecule is Clc1cccc(N2CCN(CCn3nnc4ccccc43)CC2)c1.